The Morgan fingerprint density at radius 2 is 1.95 bits per heavy atom. The molecule has 1 aromatic heterocycles. The number of anilines is 1. The van der Waals surface area contributed by atoms with Gasteiger partial charge in [-0.15, -0.1) is 0 Å². The average Bonchev–Trinajstić information content (AvgIpc) is 2.40. The number of aryl methyl sites for hydroxylation is 2. The van der Waals surface area contributed by atoms with Crippen LogP contribution in [0.15, 0.2) is 36.7 Å². The molecule has 1 aromatic carbocycles. The van der Waals surface area contributed by atoms with Gasteiger partial charge in [0.25, 0.3) is 0 Å². The van der Waals surface area contributed by atoms with Gasteiger partial charge in [0.15, 0.2) is 0 Å². The van der Waals surface area contributed by atoms with E-state index in [1.807, 2.05) is 38.1 Å². The summed E-state index contributed by atoms with van der Waals surface area (Å²) in [5.74, 6) is -0.376. The number of nitrogens with zero attached hydrogens (tertiary/aromatic N) is 2. The van der Waals surface area contributed by atoms with Gasteiger partial charge in [-0.2, -0.15) is 0 Å². The number of benzene rings is 1. The minimum Gasteiger partial charge on any atom is -0.480 e. The van der Waals surface area contributed by atoms with Gasteiger partial charge in [0, 0.05) is 18.2 Å². The topological polar surface area (TPSA) is 75.1 Å². The summed E-state index contributed by atoms with van der Waals surface area (Å²) in [5.41, 5.74) is 2.92. The Hall–Kier alpha value is -2.43. The molecule has 0 amide bonds. The fourth-order valence-corrected chi connectivity index (χ4v) is 1.87. The van der Waals surface area contributed by atoms with Crippen molar-refractivity contribution in [1.29, 1.82) is 0 Å². The molecule has 0 aliphatic heterocycles. The van der Waals surface area contributed by atoms with Gasteiger partial charge in [-0.25, -0.2) is 14.8 Å². The highest BCUT2D eigenvalue weighted by Crippen LogP contribution is 2.11. The van der Waals surface area contributed by atoms with Crippen molar-refractivity contribution in [3.05, 3.63) is 53.5 Å². The summed E-state index contributed by atoms with van der Waals surface area (Å²) >= 11 is 0. The fourth-order valence-electron chi connectivity index (χ4n) is 1.87. The SMILES string of the molecule is Cc1ccc(CC(Nc2cc(C)ncn2)C(=O)O)cc1. The zero-order chi connectivity index (χ0) is 14.5. The zero-order valence-corrected chi connectivity index (χ0v) is 11.5. The van der Waals surface area contributed by atoms with Gasteiger partial charge < -0.3 is 10.4 Å². The molecule has 5 heteroatoms. The van der Waals surface area contributed by atoms with Crippen LogP contribution in [0.1, 0.15) is 16.8 Å². The third-order valence-electron chi connectivity index (χ3n) is 2.98. The second-order valence-corrected chi connectivity index (χ2v) is 4.77. The lowest BCUT2D eigenvalue weighted by Crippen LogP contribution is -2.31. The fraction of sp³-hybridized carbons (Fsp3) is 0.267. The van der Waals surface area contributed by atoms with E-state index in [1.165, 1.54) is 6.33 Å². The standard InChI is InChI=1S/C15H17N3O2/c1-10-3-5-12(6-4-10)8-13(15(19)20)18-14-7-11(2)16-9-17-14/h3-7,9,13H,8H2,1-2H3,(H,19,20)(H,16,17,18). The number of carboxylic acids is 1. The number of rotatable bonds is 5. The number of aliphatic carboxylic acids is 1. The predicted octanol–water partition coefficient (Wildman–Crippen LogP) is 2.20. The van der Waals surface area contributed by atoms with E-state index in [1.54, 1.807) is 6.07 Å². The smallest absolute Gasteiger partial charge is 0.326 e. The van der Waals surface area contributed by atoms with E-state index in [-0.39, 0.29) is 0 Å². The molecule has 0 spiro atoms. The number of carbonyl (C=O) groups is 1. The predicted molar refractivity (Wildman–Crippen MR) is 76.7 cm³/mol. The van der Waals surface area contributed by atoms with Crippen LogP contribution >= 0.6 is 0 Å². The second-order valence-electron chi connectivity index (χ2n) is 4.77. The van der Waals surface area contributed by atoms with Gasteiger partial charge in [-0.05, 0) is 19.4 Å². The van der Waals surface area contributed by atoms with Crippen LogP contribution in [0.25, 0.3) is 0 Å². The van der Waals surface area contributed by atoms with E-state index in [2.05, 4.69) is 15.3 Å². The Bertz CT molecular complexity index is 596. The maximum atomic E-state index is 11.4. The summed E-state index contributed by atoms with van der Waals surface area (Å²) in [6.07, 6.45) is 1.82. The number of carboxylic acid groups (broad SMARTS) is 1. The Morgan fingerprint density at radius 1 is 1.25 bits per heavy atom. The Labute approximate surface area is 117 Å². The second kappa shape index (κ2) is 6.14. The Morgan fingerprint density at radius 3 is 2.55 bits per heavy atom. The average molecular weight is 271 g/mol. The Kier molecular flexibility index (Phi) is 4.30. The molecule has 0 aliphatic carbocycles. The molecule has 2 N–H and O–H groups in total. The van der Waals surface area contributed by atoms with Crippen molar-refractivity contribution in [2.24, 2.45) is 0 Å². The molecule has 1 heterocycles. The minimum atomic E-state index is -0.901. The van der Waals surface area contributed by atoms with E-state index in [4.69, 9.17) is 0 Å². The number of aromatic nitrogens is 2. The molecular formula is C15H17N3O2. The van der Waals surface area contributed by atoms with Crippen LogP contribution in [0.2, 0.25) is 0 Å². The summed E-state index contributed by atoms with van der Waals surface area (Å²) in [7, 11) is 0. The largest absolute Gasteiger partial charge is 0.480 e. The first-order chi connectivity index (χ1) is 9.54. The highest BCUT2D eigenvalue weighted by Gasteiger charge is 2.18. The van der Waals surface area contributed by atoms with E-state index < -0.39 is 12.0 Å². The van der Waals surface area contributed by atoms with Crippen molar-refractivity contribution in [3.63, 3.8) is 0 Å². The molecule has 0 aliphatic rings. The monoisotopic (exact) mass is 271 g/mol. The van der Waals surface area contributed by atoms with Gasteiger partial charge >= 0.3 is 5.97 Å². The summed E-state index contributed by atoms with van der Waals surface area (Å²) < 4.78 is 0. The van der Waals surface area contributed by atoms with Crippen LogP contribution in [0.5, 0.6) is 0 Å². The van der Waals surface area contributed by atoms with E-state index in [0.717, 1.165) is 16.8 Å². The minimum absolute atomic E-state index is 0.401. The quantitative estimate of drug-likeness (QED) is 0.872. The molecular weight excluding hydrogens is 254 g/mol. The van der Waals surface area contributed by atoms with Crippen LogP contribution in [0.4, 0.5) is 5.82 Å². The van der Waals surface area contributed by atoms with E-state index in [9.17, 15) is 9.90 Å². The van der Waals surface area contributed by atoms with Crippen molar-refractivity contribution in [2.75, 3.05) is 5.32 Å². The molecule has 0 bridgehead atoms. The summed E-state index contributed by atoms with van der Waals surface area (Å²) in [6, 6.07) is 8.85. The van der Waals surface area contributed by atoms with Crippen molar-refractivity contribution in [1.82, 2.24) is 9.97 Å². The van der Waals surface area contributed by atoms with Crippen molar-refractivity contribution >= 4 is 11.8 Å². The molecule has 104 valence electrons. The first-order valence-corrected chi connectivity index (χ1v) is 6.38. The molecule has 20 heavy (non-hydrogen) atoms. The van der Waals surface area contributed by atoms with Crippen LogP contribution < -0.4 is 5.32 Å². The van der Waals surface area contributed by atoms with E-state index in [0.29, 0.717) is 12.2 Å². The van der Waals surface area contributed by atoms with Gasteiger partial charge in [-0.3, -0.25) is 0 Å². The number of hydrogen-bond acceptors (Lipinski definition) is 4. The molecule has 0 fully saturated rings. The van der Waals surface area contributed by atoms with Crippen LogP contribution in [0.3, 0.4) is 0 Å². The molecule has 0 radical (unpaired) electrons. The summed E-state index contributed by atoms with van der Waals surface area (Å²) in [4.78, 5) is 19.4. The van der Waals surface area contributed by atoms with Gasteiger partial charge in [0.05, 0.1) is 0 Å². The molecule has 0 saturated heterocycles. The lowest BCUT2D eigenvalue weighted by molar-refractivity contribution is -0.137. The number of hydrogen-bond donors (Lipinski definition) is 2. The lowest BCUT2D eigenvalue weighted by Gasteiger charge is -2.15. The van der Waals surface area contributed by atoms with Crippen molar-refractivity contribution in [3.8, 4) is 0 Å². The number of nitrogens with one attached hydrogen (secondary N) is 1. The third kappa shape index (κ3) is 3.78. The van der Waals surface area contributed by atoms with Gasteiger partial charge in [-0.1, -0.05) is 29.8 Å². The Balaban J connectivity index is 2.11. The van der Waals surface area contributed by atoms with Crippen molar-refractivity contribution < 1.29 is 9.90 Å². The molecule has 2 aromatic rings. The molecule has 2 rings (SSSR count). The van der Waals surface area contributed by atoms with Crippen LogP contribution in [-0.4, -0.2) is 27.1 Å². The van der Waals surface area contributed by atoms with E-state index >= 15 is 0 Å². The molecule has 1 atom stereocenters. The third-order valence-corrected chi connectivity index (χ3v) is 2.98. The molecule has 5 nitrogen and oxygen atoms in total. The van der Waals surface area contributed by atoms with Crippen LogP contribution in [-0.2, 0) is 11.2 Å². The van der Waals surface area contributed by atoms with Crippen LogP contribution in [0, 0.1) is 13.8 Å². The lowest BCUT2D eigenvalue weighted by atomic mass is 10.0. The normalized spacial score (nSPS) is 11.9. The van der Waals surface area contributed by atoms with Gasteiger partial charge in [0.2, 0.25) is 0 Å². The highest BCUT2D eigenvalue weighted by atomic mass is 16.4. The maximum absolute atomic E-state index is 11.4. The first-order valence-electron chi connectivity index (χ1n) is 6.38. The van der Waals surface area contributed by atoms with Gasteiger partial charge in [0.1, 0.15) is 18.2 Å². The first kappa shape index (κ1) is 14.0. The summed E-state index contributed by atoms with van der Waals surface area (Å²) in [5, 5.41) is 12.2. The maximum Gasteiger partial charge on any atom is 0.326 e. The molecule has 0 saturated carbocycles. The highest BCUT2D eigenvalue weighted by molar-refractivity contribution is 5.77. The zero-order valence-electron chi connectivity index (χ0n) is 11.5. The summed E-state index contributed by atoms with van der Waals surface area (Å²) in [6.45, 7) is 3.84. The molecule has 1 unspecified atom stereocenters. The van der Waals surface area contributed by atoms with Crippen molar-refractivity contribution in [2.45, 2.75) is 26.3 Å².